The second-order valence-corrected chi connectivity index (χ2v) is 6.05. The lowest BCUT2D eigenvalue weighted by molar-refractivity contribution is 0.688. The molecule has 0 aliphatic heterocycles. The maximum Gasteiger partial charge on any atom is 0.130 e. The van der Waals surface area contributed by atoms with Crippen LogP contribution < -0.4 is 10.2 Å². The van der Waals surface area contributed by atoms with Crippen molar-refractivity contribution in [1.29, 1.82) is 0 Å². The topological polar surface area (TPSA) is 33.1 Å². The van der Waals surface area contributed by atoms with E-state index in [2.05, 4.69) is 56.4 Å². The van der Waals surface area contributed by atoms with Crippen molar-refractivity contribution in [1.82, 2.24) is 15.1 Å². The van der Waals surface area contributed by atoms with Gasteiger partial charge in [0, 0.05) is 44.3 Å². The third-order valence-corrected chi connectivity index (χ3v) is 3.75. The highest BCUT2D eigenvalue weighted by atomic mass is 79.9. The third kappa shape index (κ3) is 3.41. The molecule has 0 unspecified atom stereocenters. The van der Waals surface area contributed by atoms with Gasteiger partial charge in [-0.05, 0) is 24.6 Å². The molecule has 0 fully saturated rings. The van der Waals surface area contributed by atoms with Crippen molar-refractivity contribution >= 4 is 21.7 Å². The summed E-state index contributed by atoms with van der Waals surface area (Å²) in [5.41, 5.74) is 3.61. The fourth-order valence-corrected chi connectivity index (χ4v) is 2.88. The number of aromatic nitrogens is 2. The van der Waals surface area contributed by atoms with Crippen LogP contribution in [0.25, 0.3) is 0 Å². The standard InChI is InChI=1S/C15H21BrN4/c1-11-14(15(19(2)3)20(4)18-11)10-17-9-12-6-5-7-13(16)8-12/h5-8,17H,9-10H2,1-4H3. The lowest BCUT2D eigenvalue weighted by Crippen LogP contribution is -2.18. The maximum absolute atomic E-state index is 4.50. The van der Waals surface area contributed by atoms with E-state index >= 15 is 0 Å². The zero-order valence-electron chi connectivity index (χ0n) is 12.4. The number of hydrogen-bond donors (Lipinski definition) is 1. The lowest BCUT2D eigenvalue weighted by atomic mass is 10.2. The van der Waals surface area contributed by atoms with Crippen LogP contribution in [-0.4, -0.2) is 23.9 Å². The van der Waals surface area contributed by atoms with Crippen molar-refractivity contribution in [3.8, 4) is 0 Å². The fourth-order valence-electron chi connectivity index (χ4n) is 2.43. The molecule has 0 amide bonds. The van der Waals surface area contributed by atoms with Crippen LogP contribution >= 0.6 is 15.9 Å². The number of halogens is 1. The number of benzene rings is 1. The summed E-state index contributed by atoms with van der Waals surface area (Å²) in [5, 5.41) is 7.99. The van der Waals surface area contributed by atoms with Crippen LogP contribution in [0.5, 0.6) is 0 Å². The first kappa shape index (κ1) is 15.1. The first-order valence-corrected chi connectivity index (χ1v) is 7.43. The summed E-state index contributed by atoms with van der Waals surface area (Å²) < 4.78 is 3.05. The minimum absolute atomic E-state index is 0.819. The molecule has 0 spiro atoms. The number of anilines is 1. The van der Waals surface area contributed by atoms with E-state index in [4.69, 9.17) is 0 Å². The van der Waals surface area contributed by atoms with E-state index in [1.54, 1.807) is 0 Å². The SMILES string of the molecule is Cc1nn(C)c(N(C)C)c1CNCc1cccc(Br)c1. The molecule has 0 aliphatic rings. The Morgan fingerprint density at radius 1 is 1.30 bits per heavy atom. The van der Waals surface area contributed by atoms with Crippen LogP contribution in [0.3, 0.4) is 0 Å². The van der Waals surface area contributed by atoms with Gasteiger partial charge in [-0.3, -0.25) is 4.68 Å². The van der Waals surface area contributed by atoms with Gasteiger partial charge in [0.05, 0.1) is 5.69 Å². The Morgan fingerprint density at radius 3 is 2.70 bits per heavy atom. The summed E-state index contributed by atoms with van der Waals surface area (Å²) in [6.07, 6.45) is 0. The van der Waals surface area contributed by atoms with Gasteiger partial charge in [0.2, 0.25) is 0 Å². The summed E-state index contributed by atoms with van der Waals surface area (Å²) in [6, 6.07) is 8.36. The Kier molecular flexibility index (Phi) is 4.83. The van der Waals surface area contributed by atoms with Crippen molar-refractivity contribution in [2.45, 2.75) is 20.0 Å². The second-order valence-electron chi connectivity index (χ2n) is 5.14. The predicted octanol–water partition coefficient (Wildman–Crippen LogP) is 2.85. The molecule has 20 heavy (non-hydrogen) atoms. The number of nitrogens with zero attached hydrogens (tertiary/aromatic N) is 3. The molecule has 108 valence electrons. The Labute approximate surface area is 128 Å². The Hall–Kier alpha value is -1.33. The molecule has 0 bridgehead atoms. The minimum atomic E-state index is 0.819. The summed E-state index contributed by atoms with van der Waals surface area (Å²) >= 11 is 3.50. The minimum Gasteiger partial charge on any atom is -0.363 e. The molecular formula is C15H21BrN4. The number of aryl methyl sites for hydroxylation is 2. The number of rotatable bonds is 5. The molecule has 1 heterocycles. The maximum atomic E-state index is 4.50. The normalized spacial score (nSPS) is 10.8. The zero-order chi connectivity index (χ0) is 14.7. The summed E-state index contributed by atoms with van der Waals surface area (Å²) in [6.45, 7) is 3.73. The average molecular weight is 337 g/mol. The monoisotopic (exact) mass is 336 g/mol. The van der Waals surface area contributed by atoms with Crippen LogP contribution in [0.1, 0.15) is 16.8 Å². The van der Waals surface area contributed by atoms with E-state index in [1.165, 1.54) is 11.1 Å². The molecule has 2 rings (SSSR count). The Morgan fingerprint density at radius 2 is 2.05 bits per heavy atom. The molecule has 1 aromatic carbocycles. The van der Waals surface area contributed by atoms with Gasteiger partial charge in [-0.2, -0.15) is 5.10 Å². The highest BCUT2D eigenvalue weighted by Crippen LogP contribution is 2.21. The van der Waals surface area contributed by atoms with Crippen LogP contribution in [0.15, 0.2) is 28.7 Å². The number of hydrogen-bond acceptors (Lipinski definition) is 3. The smallest absolute Gasteiger partial charge is 0.130 e. The molecule has 1 N–H and O–H groups in total. The van der Waals surface area contributed by atoms with Gasteiger partial charge in [-0.1, -0.05) is 28.1 Å². The van der Waals surface area contributed by atoms with Crippen LogP contribution in [-0.2, 0) is 20.1 Å². The van der Waals surface area contributed by atoms with Gasteiger partial charge in [-0.25, -0.2) is 0 Å². The van der Waals surface area contributed by atoms with E-state index in [0.29, 0.717) is 0 Å². The van der Waals surface area contributed by atoms with Crippen LogP contribution in [0.2, 0.25) is 0 Å². The second kappa shape index (κ2) is 6.41. The predicted molar refractivity (Wildman–Crippen MR) is 87.0 cm³/mol. The molecule has 0 aliphatic carbocycles. The summed E-state index contributed by atoms with van der Waals surface area (Å²) in [5.74, 6) is 1.16. The van der Waals surface area contributed by atoms with E-state index in [1.807, 2.05) is 31.9 Å². The van der Waals surface area contributed by atoms with E-state index in [-0.39, 0.29) is 0 Å². The van der Waals surface area contributed by atoms with Crippen molar-refractivity contribution < 1.29 is 0 Å². The molecule has 1 aromatic heterocycles. The van der Waals surface area contributed by atoms with E-state index < -0.39 is 0 Å². The molecule has 4 nitrogen and oxygen atoms in total. The Bertz CT molecular complexity index is 590. The highest BCUT2D eigenvalue weighted by molar-refractivity contribution is 9.10. The number of nitrogens with one attached hydrogen (secondary N) is 1. The first-order chi connectivity index (χ1) is 9.49. The summed E-state index contributed by atoms with van der Waals surface area (Å²) in [4.78, 5) is 2.11. The highest BCUT2D eigenvalue weighted by Gasteiger charge is 2.14. The van der Waals surface area contributed by atoms with Gasteiger partial charge < -0.3 is 10.2 Å². The molecule has 0 saturated carbocycles. The largest absolute Gasteiger partial charge is 0.363 e. The van der Waals surface area contributed by atoms with Crippen molar-refractivity contribution in [2.24, 2.45) is 7.05 Å². The van der Waals surface area contributed by atoms with Gasteiger partial charge >= 0.3 is 0 Å². The molecule has 0 saturated heterocycles. The van der Waals surface area contributed by atoms with Gasteiger partial charge in [0.25, 0.3) is 0 Å². The first-order valence-electron chi connectivity index (χ1n) is 6.64. The molecule has 0 radical (unpaired) electrons. The molecular weight excluding hydrogens is 316 g/mol. The molecule has 0 atom stereocenters. The van der Waals surface area contributed by atoms with Crippen LogP contribution in [0.4, 0.5) is 5.82 Å². The van der Waals surface area contributed by atoms with E-state index in [0.717, 1.165) is 29.1 Å². The van der Waals surface area contributed by atoms with Gasteiger partial charge in [-0.15, -0.1) is 0 Å². The van der Waals surface area contributed by atoms with Crippen molar-refractivity contribution in [3.63, 3.8) is 0 Å². The summed E-state index contributed by atoms with van der Waals surface area (Å²) in [7, 11) is 6.09. The molecule has 5 heteroatoms. The fraction of sp³-hybridized carbons (Fsp3) is 0.400. The third-order valence-electron chi connectivity index (χ3n) is 3.26. The quantitative estimate of drug-likeness (QED) is 0.911. The van der Waals surface area contributed by atoms with Crippen molar-refractivity contribution in [3.05, 3.63) is 45.6 Å². The van der Waals surface area contributed by atoms with Gasteiger partial charge in [0.1, 0.15) is 5.82 Å². The lowest BCUT2D eigenvalue weighted by Gasteiger charge is -2.15. The van der Waals surface area contributed by atoms with Crippen LogP contribution in [0, 0.1) is 6.92 Å². The van der Waals surface area contributed by atoms with Gasteiger partial charge in [0.15, 0.2) is 0 Å². The van der Waals surface area contributed by atoms with E-state index in [9.17, 15) is 0 Å². The zero-order valence-corrected chi connectivity index (χ0v) is 14.0. The van der Waals surface area contributed by atoms with Crippen molar-refractivity contribution in [2.75, 3.05) is 19.0 Å². The average Bonchev–Trinajstić information content (AvgIpc) is 2.64. The molecule has 2 aromatic rings. The Balaban J connectivity index is 2.04.